The Morgan fingerprint density at radius 3 is 2.95 bits per heavy atom. The maximum absolute atomic E-state index is 13.3. The molecule has 100 valence electrons. The number of halogens is 3. The van der Waals surface area contributed by atoms with Crippen molar-refractivity contribution in [1.82, 2.24) is 0 Å². The summed E-state index contributed by atoms with van der Waals surface area (Å²) in [6, 6.07) is 4.20. The topological polar surface area (TPSA) is 46.5 Å². The molecule has 19 heavy (non-hydrogen) atoms. The van der Waals surface area contributed by atoms with E-state index in [0.29, 0.717) is 10.0 Å². The average molecular weight is 366 g/mol. The Morgan fingerprint density at radius 2 is 2.26 bits per heavy atom. The molecule has 0 spiro atoms. The van der Waals surface area contributed by atoms with Crippen LogP contribution in [-0.4, -0.2) is 11.1 Å². The van der Waals surface area contributed by atoms with E-state index in [2.05, 4.69) is 15.9 Å². The average Bonchev–Trinajstić information content (AvgIpc) is 2.80. The minimum absolute atomic E-state index is 0.0130. The Bertz CT molecular complexity index is 629. The van der Waals surface area contributed by atoms with E-state index < -0.39 is 11.8 Å². The second kappa shape index (κ2) is 5.90. The van der Waals surface area contributed by atoms with Gasteiger partial charge >= 0.3 is 5.97 Å². The number of aromatic carboxylic acids is 1. The second-order valence-corrected chi connectivity index (χ2v) is 5.74. The van der Waals surface area contributed by atoms with Gasteiger partial charge in [-0.2, -0.15) is 0 Å². The van der Waals surface area contributed by atoms with Gasteiger partial charge in [0.05, 0.1) is 9.50 Å². The van der Waals surface area contributed by atoms with Crippen molar-refractivity contribution in [3.63, 3.8) is 0 Å². The summed E-state index contributed by atoms with van der Waals surface area (Å²) in [6.07, 6.45) is 0. The molecule has 1 aromatic carbocycles. The number of carbonyl (C=O) groups is 1. The van der Waals surface area contributed by atoms with Crippen LogP contribution in [0, 0.1) is 5.82 Å². The van der Waals surface area contributed by atoms with Crippen molar-refractivity contribution >= 4 is 44.8 Å². The van der Waals surface area contributed by atoms with Gasteiger partial charge in [0.25, 0.3) is 0 Å². The number of carboxylic acid groups (broad SMARTS) is 1. The fraction of sp³-hybridized carbons (Fsp3) is 0.0833. The van der Waals surface area contributed by atoms with Crippen LogP contribution in [0.4, 0.5) is 4.39 Å². The molecular formula is C12H7BrClFO3S. The first-order valence-corrected chi connectivity index (χ1v) is 7.11. The first-order chi connectivity index (χ1) is 8.99. The van der Waals surface area contributed by atoms with Crippen LogP contribution in [0.3, 0.4) is 0 Å². The Kier molecular flexibility index (Phi) is 4.44. The monoisotopic (exact) mass is 364 g/mol. The van der Waals surface area contributed by atoms with E-state index in [-0.39, 0.29) is 22.3 Å². The number of benzene rings is 1. The third-order valence-electron chi connectivity index (χ3n) is 2.30. The molecule has 7 heteroatoms. The predicted octanol–water partition coefficient (Wildman–Crippen LogP) is 4.58. The van der Waals surface area contributed by atoms with Crippen LogP contribution < -0.4 is 4.74 Å². The van der Waals surface area contributed by atoms with Gasteiger partial charge < -0.3 is 9.84 Å². The summed E-state index contributed by atoms with van der Waals surface area (Å²) in [6.45, 7) is 0.0464. The summed E-state index contributed by atoms with van der Waals surface area (Å²) in [5.74, 6) is -1.33. The normalized spacial score (nSPS) is 10.5. The van der Waals surface area contributed by atoms with Crippen molar-refractivity contribution in [3.8, 4) is 5.75 Å². The van der Waals surface area contributed by atoms with Gasteiger partial charge in [-0.15, -0.1) is 11.3 Å². The number of ether oxygens (including phenoxy) is 1. The van der Waals surface area contributed by atoms with Crippen molar-refractivity contribution in [3.05, 3.63) is 49.3 Å². The van der Waals surface area contributed by atoms with Crippen LogP contribution in [0.15, 0.2) is 28.1 Å². The molecule has 2 aromatic rings. The molecule has 0 fully saturated rings. The molecule has 0 saturated heterocycles. The third kappa shape index (κ3) is 3.26. The summed E-state index contributed by atoms with van der Waals surface area (Å²) in [5, 5.41) is 10.6. The molecule has 0 amide bonds. The number of thiophene rings is 1. The van der Waals surface area contributed by atoms with E-state index >= 15 is 0 Å². The van der Waals surface area contributed by atoms with Gasteiger partial charge in [-0.05, 0) is 33.4 Å². The summed E-state index contributed by atoms with van der Waals surface area (Å²) >= 11 is 9.94. The van der Waals surface area contributed by atoms with Crippen LogP contribution >= 0.6 is 38.9 Å². The van der Waals surface area contributed by atoms with Crippen molar-refractivity contribution in [2.45, 2.75) is 6.61 Å². The van der Waals surface area contributed by atoms with Crippen LogP contribution in [-0.2, 0) is 6.61 Å². The lowest BCUT2D eigenvalue weighted by Crippen LogP contribution is -2.02. The van der Waals surface area contributed by atoms with Gasteiger partial charge in [-0.1, -0.05) is 11.6 Å². The van der Waals surface area contributed by atoms with Gasteiger partial charge in [-0.3, -0.25) is 0 Å². The van der Waals surface area contributed by atoms with Crippen LogP contribution in [0.2, 0.25) is 5.02 Å². The zero-order valence-corrected chi connectivity index (χ0v) is 12.5. The number of carboxylic acids is 1. The Morgan fingerprint density at radius 1 is 1.53 bits per heavy atom. The highest BCUT2D eigenvalue weighted by Crippen LogP contribution is 2.31. The fourth-order valence-electron chi connectivity index (χ4n) is 1.41. The van der Waals surface area contributed by atoms with Gasteiger partial charge in [0.1, 0.15) is 23.1 Å². The summed E-state index contributed by atoms with van der Waals surface area (Å²) < 4.78 is 19.2. The Hall–Kier alpha value is -1.11. The quantitative estimate of drug-likeness (QED) is 0.807. The number of rotatable bonds is 4. The minimum atomic E-state index is -1.00. The van der Waals surface area contributed by atoms with Gasteiger partial charge in [0.15, 0.2) is 0 Å². The van der Waals surface area contributed by atoms with E-state index in [1.165, 1.54) is 6.07 Å². The molecule has 3 nitrogen and oxygen atoms in total. The van der Waals surface area contributed by atoms with Crippen molar-refractivity contribution in [2.75, 3.05) is 0 Å². The third-order valence-corrected chi connectivity index (χ3v) is 4.15. The summed E-state index contributed by atoms with van der Waals surface area (Å²) in [5.41, 5.74) is 0.541. The van der Waals surface area contributed by atoms with Crippen LogP contribution in [0.25, 0.3) is 0 Å². The highest BCUT2D eigenvalue weighted by Gasteiger charge is 2.13. The molecular weight excluding hydrogens is 359 g/mol. The van der Waals surface area contributed by atoms with Crippen molar-refractivity contribution in [2.24, 2.45) is 0 Å². The zero-order chi connectivity index (χ0) is 14.0. The predicted molar refractivity (Wildman–Crippen MR) is 74.7 cm³/mol. The molecule has 0 atom stereocenters. The smallest absolute Gasteiger partial charge is 0.346 e. The number of hydrogen-bond donors (Lipinski definition) is 1. The number of hydrogen-bond acceptors (Lipinski definition) is 3. The SMILES string of the molecule is O=C(O)c1sccc1COc1cc(F)c(Cl)cc1Br. The van der Waals surface area contributed by atoms with Crippen molar-refractivity contribution < 1.29 is 19.0 Å². The fourth-order valence-corrected chi connectivity index (χ4v) is 2.91. The maximum Gasteiger partial charge on any atom is 0.346 e. The molecule has 0 bridgehead atoms. The highest BCUT2D eigenvalue weighted by atomic mass is 79.9. The molecule has 0 aliphatic carbocycles. The maximum atomic E-state index is 13.3. The molecule has 0 aliphatic heterocycles. The molecule has 0 saturated carbocycles. The van der Waals surface area contributed by atoms with Crippen LogP contribution in [0.5, 0.6) is 5.75 Å². The van der Waals surface area contributed by atoms with E-state index in [1.54, 1.807) is 11.4 Å². The lowest BCUT2D eigenvalue weighted by atomic mass is 10.2. The Labute approximate surface area is 125 Å². The first-order valence-electron chi connectivity index (χ1n) is 5.06. The molecule has 0 aliphatic rings. The lowest BCUT2D eigenvalue weighted by molar-refractivity contribution is 0.0699. The van der Waals surface area contributed by atoms with Gasteiger partial charge in [0.2, 0.25) is 0 Å². The van der Waals surface area contributed by atoms with Crippen LogP contribution in [0.1, 0.15) is 15.2 Å². The lowest BCUT2D eigenvalue weighted by Gasteiger charge is -2.08. The molecule has 0 unspecified atom stereocenters. The van der Waals surface area contributed by atoms with E-state index in [1.807, 2.05) is 0 Å². The summed E-state index contributed by atoms with van der Waals surface area (Å²) in [7, 11) is 0. The summed E-state index contributed by atoms with van der Waals surface area (Å²) in [4.78, 5) is 11.1. The minimum Gasteiger partial charge on any atom is -0.488 e. The van der Waals surface area contributed by atoms with E-state index in [4.69, 9.17) is 21.4 Å². The Balaban J connectivity index is 2.17. The largest absolute Gasteiger partial charge is 0.488 e. The van der Waals surface area contributed by atoms with Gasteiger partial charge in [0, 0.05) is 11.6 Å². The van der Waals surface area contributed by atoms with Gasteiger partial charge in [-0.25, -0.2) is 9.18 Å². The van der Waals surface area contributed by atoms with Crippen molar-refractivity contribution in [1.29, 1.82) is 0 Å². The first kappa shape index (κ1) is 14.3. The highest BCUT2D eigenvalue weighted by molar-refractivity contribution is 9.10. The zero-order valence-electron chi connectivity index (χ0n) is 9.32. The van der Waals surface area contributed by atoms with E-state index in [0.717, 1.165) is 17.4 Å². The molecule has 1 N–H and O–H groups in total. The van der Waals surface area contributed by atoms with E-state index in [9.17, 15) is 9.18 Å². The molecule has 0 radical (unpaired) electrons. The second-order valence-electron chi connectivity index (χ2n) is 3.57. The molecule has 1 heterocycles. The standard InChI is InChI=1S/C12H7BrClFO3S/c13-7-3-8(14)9(15)4-10(7)18-5-6-1-2-19-11(6)12(16)17/h1-4H,5H2,(H,16,17). The molecule has 1 aromatic heterocycles. The molecule has 2 rings (SSSR count).